The fourth-order valence-corrected chi connectivity index (χ4v) is 1.48. The molecule has 126 valence electrons. The van der Waals surface area contributed by atoms with Gasteiger partial charge in [-0.3, -0.25) is 24.1 Å². The molecule has 0 radical (unpaired) electrons. The van der Waals surface area contributed by atoms with E-state index in [2.05, 4.69) is 0 Å². The molecule has 0 aromatic heterocycles. The first-order chi connectivity index (χ1) is 10.3. The molecule has 0 aliphatic rings. The summed E-state index contributed by atoms with van der Waals surface area (Å²) in [6.07, 6.45) is 0.0907. The number of nitrogens with zero attached hydrogens (tertiary/aromatic N) is 1. The van der Waals surface area contributed by atoms with Crippen LogP contribution < -0.4 is 0 Å². The van der Waals surface area contributed by atoms with Crippen LogP contribution in [0.1, 0.15) is 27.2 Å². The summed E-state index contributed by atoms with van der Waals surface area (Å²) in [7, 11) is 0. The number of ketones is 1. The lowest BCUT2D eigenvalue weighted by Crippen LogP contribution is -2.34. The van der Waals surface area contributed by atoms with E-state index in [9.17, 15) is 19.2 Å². The van der Waals surface area contributed by atoms with Crippen LogP contribution in [0.4, 0.5) is 0 Å². The second kappa shape index (κ2) is 11.7. The lowest BCUT2D eigenvalue weighted by molar-refractivity contribution is -0.148. The lowest BCUT2D eigenvalue weighted by atomic mass is 10.3. The summed E-state index contributed by atoms with van der Waals surface area (Å²) in [6, 6.07) is 0. The number of hydrogen-bond acceptors (Lipinski definition) is 8. The first kappa shape index (κ1) is 20.0. The van der Waals surface area contributed by atoms with Crippen LogP contribution in [-0.2, 0) is 33.4 Å². The summed E-state index contributed by atoms with van der Waals surface area (Å²) in [5, 5.41) is 0. The van der Waals surface area contributed by atoms with Gasteiger partial charge in [0.05, 0.1) is 6.42 Å². The molecule has 0 saturated heterocycles. The van der Waals surface area contributed by atoms with Gasteiger partial charge in [0.1, 0.15) is 19.8 Å². The van der Waals surface area contributed by atoms with Crippen molar-refractivity contribution in [2.24, 2.45) is 0 Å². The van der Waals surface area contributed by atoms with Crippen LogP contribution in [0.15, 0.2) is 0 Å². The van der Waals surface area contributed by atoms with E-state index >= 15 is 0 Å². The number of esters is 3. The van der Waals surface area contributed by atoms with Crippen molar-refractivity contribution in [3.63, 3.8) is 0 Å². The first-order valence-corrected chi connectivity index (χ1v) is 6.95. The molecule has 0 N–H and O–H groups in total. The van der Waals surface area contributed by atoms with Crippen LogP contribution in [0, 0.1) is 0 Å². The highest BCUT2D eigenvalue weighted by Crippen LogP contribution is 1.96. The summed E-state index contributed by atoms with van der Waals surface area (Å²) in [6.45, 7) is 5.22. The highest BCUT2D eigenvalue weighted by Gasteiger charge is 2.11. The third kappa shape index (κ3) is 13.0. The molecule has 0 fully saturated rings. The molecule has 0 atom stereocenters. The minimum Gasteiger partial charge on any atom is -0.465 e. The van der Waals surface area contributed by atoms with E-state index in [1.165, 1.54) is 20.8 Å². The molecule has 0 aromatic rings. The molecule has 22 heavy (non-hydrogen) atoms. The highest BCUT2D eigenvalue weighted by molar-refractivity contribution is 5.80. The molecule has 0 bridgehead atoms. The van der Waals surface area contributed by atoms with Crippen LogP contribution in [0.25, 0.3) is 0 Å². The van der Waals surface area contributed by atoms with Crippen molar-refractivity contribution in [2.75, 3.05) is 39.5 Å². The fourth-order valence-electron chi connectivity index (χ4n) is 1.48. The second-order valence-electron chi connectivity index (χ2n) is 4.63. The highest BCUT2D eigenvalue weighted by atomic mass is 16.5. The molecule has 0 saturated carbocycles. The molecule has 0 aliphatic heterocycles. The Bertz CT molecular complexity index is 375. The Morgan fingerprint density at radius 3 is 1.68 bits per heavy atom. The SMILES string of the molecule is CC(=O)COC(=O)CCN(CCOC(C)=O)CCOC(C)=O. The topological polar surface area (TPSA) is 99.2 Å². The third-order valence-corrected chi connectivity index (χ3v) is 2.49. The summed E-state index contributed by atoms with van der Waals surface area (Å²) < 4.78 is 14.4. The van der Waals surface area contributed by atoms with E-state index in [0.29, 0.717) is 19.6 Å². The third-order valence-electron chi connectivity index (χ3n) is 2.49. The van der Waals surface area contributed by atoms with E-state index in [0.717, 1.165) is 0 Å². The Labute approximate surface area is 129 Å². The van der Waals surface area contributed by atoms with E-state index < -0.39 is 5.97 Å². The summed E-state index contributed by atoms with van der Waals surface area (Å²) in [5.41, 5.74) is 0. The normalized spacial score (nSPS) is 10.2. The van der Waals surface area contributed by atoms with Crippen molar-refractivity contribution >= 4 is 23.7 Å². The largest absolute Gasteiger partial charge is 0.465 e. The Kier molecular flexibility index (Phi) is 10.6. The van der Waals surface area contributed by atoms with Gasteiger partial charge in [0.2, 0.25) is 0 Å². The van der Waals surface area contributed by atoms with Crippen LogP contribution in [-0.4, -0.2) is 68.0 Å². The lowest BCUT2D eigenvalue weighted by Gasteiger charge is -2.21. The second-order valence-corrected chi connectivity index (χ2v) is 4.63. The van der Waals surface area contributed by atoms with Gasteiger partial charge in [0, 0.05) is 33.5 Å². The van der Waals surface area contributed by atoms with Crippen molar-refractivity contribution < 1.29 is 33.4 Å². The zero-order chi connectivity index (χ0) is 17.0. The molecule has 0 amide bonds. The number of rotatable bonds is 11. The van der Waals surface area contributed by atoms with E-state index in [1.807, 2.05) is 0 Å². The molecule has 0 aromatic carbocycles. The Morgan fingerprint density at radius 1 is 0.773 bits per heavy atom. The smallest absolute Gasteiger partial charge is 0.307 e. The maximum absolute atomic E-state index is 11.4. The zero-order valence-corrected chi connectivity index (χ0v) is 13.3. The van der Waals surface area contributed by atoms with E-state index in [-0.39, 0.29) is 44.0 Å². The summed E-state index contributed by atoms with van der Waals surface area (Å²) in [4.78, 5) is 45.4. The number of ether oxygens (including phenoxy) is 3. The summed E-state index contributed by atoms with van der Waals surface area (Å²) in [5.74, 6) is -1.49. The average Bonchev–Trinajstić information content (AvgIpc) is 2.41. The zero-order valence-electron chi connectivity index (χ0n) is 13.3. The molecule has 0 heterocycles. The summed E-state index contributed by atoms with van der Waals surface area (Å²) >= 11 is 0. The number of carbonyl (C=O) groups excluding carboxylic acids is 4. The minimum absolute atomic E-state index is 0.0907. The molecule has 0 rings (SSSR count). The Morgan fingerprint density at radius 2 is 1.27 bits per heavy atom. The first-order valence-electron chi connectivity index (χ1n) is 6.95. The van der Waals surface area contributed by atoms with Crippen molar-refractivity contribution in [1.29, 1.82) is 0 Å². The average molecular weight is 317 g/mol. The van der Waals surface area contributed by atoms with Gasteiger partial charge in [-0.2, -0.15) is 0 Å². The molecule has 8 nitrogen and oxygen atoms in total. The van der Waals surface area contributed by atoms with Crippen molar-refractivity contribution in [3.8, 4) is 0 Å². The van der Waals surface area contributed by atoms with Gasteiger partial charge in [0.25, 0.3) is 0 Å². The van der Waals surface area contributed by atoms with E-state index in [1.54, 1.807) is 4.90 Å². The molecular formula is C14H23NO7. The van der Waals surface area contributed by atoms with Gasteiger partial charge in [-0.15, -0.1) is 0 Å². The molecule has 0 aliphatic carbocycles. The van der Waals surface area contributed by atoms with Crippen LogP contribution in [0.3, 0.4) is 0 Å². The maximum atomic E-state index is 11.4. The van der Waals surface area contributed by atoms with E-state index in [4.69, 9.17) is 14.2 Å². The fraction of sp³-hybridized carbons (Fsp3) is 0.714. The monoisotopic (exact) mass is 317 g/mol. The standard InChI is InChI=1S/C14H23NO7/c1-11(16)10-22-14(19)4-5-15(6-8-20-12(2)17)7-9-21-13(3)18/h4-10H2,1-3H3. The quantitative estimate of drug-likeness (QED) is 0.386. The number of carbonyl (C=O) groups is 4. The minimum atomic E-state index is -0.486. The van der Waals surface area contributed by atoms with Crippen LogP contribution >= 0.6 is 0 Å². The van der Waals surface area contributed by atoms with Gasteiger partial charge >= 0.3 is 17.9 Å². The Balaban J connectivity index is 4.13. The molecule has 8 heteroatoms. The Hall–Kier alpha value is -1.96. The van der Waals surface area contributed by atoms with Gasteiger partial charge in [-0.25, -0.2) is 0 Å². The van der Waals surface area contributed by atoms with Crippen LogP contribution in [0.2, 0.25) is 0 Å². The number of Topliss-reactive ketones (excluding diaryl/α,β-unsaturated/α-hetero) is 1. The van der Waals surface area contributed by atoms with Gasteiger partial charge in [-0.1, -0.05) is 0 Å². The van der Waals surface area contributed by atoms with Crippen molar-refractivity contribution in [1.82, 2.24) is 4.90 Å². The van der Waals surface area contributed by atoms with Crippen molar-refractivity contribution in [3.05, 3.63) is 0 Å². The maximum Gasteiger partial charge on any atom is 0.307 e. The predicted octanol–water partition coefficient (Wildman–Crippen LogP) is -0.0631. The predicted molar refractivity (Wildman–Crippen MR) is 76.0 cm³/mol. The van der Waals surface area contributed by atoms with Gasteiger partial charge in [0.15, 0.2) is 5.78 Å². The molecular weight excluding hydrogens is 294 g/mol. The van der Waals surface area contributed by atoms with Crippen LogP contribution in [0.5, 0.6) is 0 Å². The van der Waals surface area contributed by atoms with Gasteiger partial charge < -0.3 is 14.2 Å². The van der Waals surface area contributed by atoms with Crippen molar-refractivity contribution in [2.45, 2.75) is 27.2 Å². The molecule has 0 unspecified atom stereocenters. The van der Waals surface area contributed by atoms with Gasteiger partial charge in [-0.05, 0) is 6.92 Å². The molecule has 0 spiro atoms. The number of hydrogen-bond donors (Lipinski definition) is 0.